The Labute approximate surface area is 120 Å². The van der Waals surface area contributed by atoms with Gasteiger partial charge in [-0.3, -0.25) is 0 Å². The molecule has 1 aromatic heterocycles. The summed E-state index contributed by atoms with van der Waals surface area (Å²) in [5.41, 5.74) is 0.685. The molecule has 1 aromatic rings. The Morgan fingerprint density at radius 2 is 2.05 bits per heavy atom. The van der Waals surface area contributed by atoms with E-state index in [0.717, 1.165) is 6.54 Å². The number of nitrogens with zero attached hydrogens (tertiary/aromatic N) is 2. The van der Waals surface area contributed by atoms with Crippen LogP contribution < -0.4 is 5.32 Å². The maximum atomic E-state index is 12.6. The second-order valence-corrected chi connectivity index (χ2v) is 5.04. The molecule has 0 saturated heterocycles. The lowest BCUT2D eigenvalue weighted by molar-refractivity contribution is -0.168. The predicted octanol–water partition coefficient (Wildman–Crippen LogP) is 2.64. The first-order chi connectivity index (χ1) is 9.81. The third kappa shape index (κ3) is 6.81. The Morgan fingerprint density at radius 3 is 2.67 bits per heavy atom. The minimum Gasteiger partial charge on any atom is -0.367 e. The third-order valence-electron chi connectivity index (χ3n) is 2.47. The molecule has 4 nitrogen and oxygen atoms in total. The van der Waals surface area contributed by atoms with Gasteiger partial charge in [0.15, 0.2) is 5.82 Å². The van der Waals surface area contributed by atoms with E-state index in [1.165, 1.54) is 6.20 Å². The van der Waals surface area contributed by atoms with Crippen LogP contribution in [0.5, 0.6) is 0 Å². The van der Waals surface area contributed by atoms with Gasteiger partial charge in [0.2, 0.25) is 0 Å². The molecule has 8 heteroatoms. The van der Waals surface area contributed by atoms with Crippen molar-refractivity contribution >= 4 is 0 Å². The molecular weight excluding hydrogens is 290 g/mol. The molecular formula is C13H19F4N3O. The molecule has 0 aliphatic heterocycles. The van der Waals surface area contributed by atoms with E-state index in [1.807, 2.05) is 0 Å². The molecule has 120 valence electrons. The van der Waals surface area contributed by atoms with E-state index < -0.39 is 19.0 Å². The van der Waals surface area contributed by atoms with E-state index in [4.69, 9.17) is 0 Å². The highest BCUT2D eigenvalue weighted by atomic mass is 19.3. The average Bonchev–Trinajstić information content (AvgIpc) is 2.38. The van der Waals surface area contributed by atoms with Crippen LogP contribution in [0.25, 0.3) is 0 Å². The summed E-state index contributed by atoms with van der Waals surface area (Å²) in [6, 6.07) is 1.69. The first-order valence-corrected chi connectivity index (χ1v) is 6.56. The lowest BCUT2D eigenvalue weighted by Gasteiger charge is -2.14. The van der Waals surface area contributed by atoms with Crippen LogP contribution in [-0.4, -0.2) is 35.5 Å². The maximum Gasteiger partial charge on any atom is 0.330 e. The molecule has 0 aliphatic rings. The fraction of sp³-hybridized carbons (Fsp3) is 0.692. The van der Waals surface area contributed by atoms with Gasteiger partial charge in [-0.15, -0.1) is 0 Å². The van der Waals surface area contributed by atoms with Gasteiger partial charge in [-0.05, 0) is 18.5 Å². The number of hydrogen-bond acceptors (Lipinski definition) is 4. The zero-order valence-corrected chi connectivity index (χ0v) is 12.0. The van der Waals surface area contributed by atoms with Crippen LogP contribution >= 0.6 is 0 Å². The Balaban J connectivity index is 2.42. The summed E-state index contributed by atoms with van der Waals surface area (Å²) in [7, 11) is 0. The molecule has 0 bridgehead atoms. The lowest BCUT2D eigenvalue weighted by Crippen LogP contribution is -2.32. The molecule has 1 N–H and O–H groups in total. The van der Waals surface area contributed by atoms with Gasteiger partial charge in [-0.25, -0.2) is 18.7 Å². The van der Waals surface area contributed by atoms with Crippen molar-refractivity contribution in [1.82, 2.24) is 15.3 Å². The third-order valence-corrected chi connectivity index (χ3v) is 2.47. The number of hydrogen-bond donors (Lipinski definition) is 1. The van der Waals surface area contributed by atoms with Crippen molar-refractivity contribution in [2.24, 2.45) is 5.92 Å². The van der Waals surface area contributed by atoms with Crippen molar-refractivity contribution in [3.63, 3.8) is 0 Å². The summed E-state index contributed by atoms with van der Waals surface area (Å²) < 4.78 is 53.7. The predicted molar refractivity (Wildman–Crippen MR) is 69.2 cm³/mol. The standard InChI is InChI=1S/C13H19F4N3O/c1-9(2)5-18-6-10-3-4-19-11(20-10)7-21-8-13(16,17)12(14)15/h3-4,9,12,18H,5-8H2,1-2H3. The topological polar surface area (TPSA) is 47.0 Å². The highest BCUT2D eigenvalue weighted by Crippen LogP contribution is 2.23. The van der Waals surface area contributed by atoms with Crippen LogP contribution in [-0.2, 0) is 17.9 Å². The van der Waals surface area contributed by atoms with E-state index in [2.05, 4.69) is 33.9 Å². The van der Waals surface area contributed by atoms with Crippen molar-refractivity contribution in [2.75, 3.05) is 13.2 Å². The fourth-order valence-corrected chi connectivity index (χ4v) is 1.44. The average molecular weight is 309 g/mol. The van der Waals surface area contributed by atoms with Crippen molar-refractivity contribution in [3.8, 4) is 0 Å². The minimum atomic E-state index is -4.16. The van der Waals surface area contributed by atoms with Crippen molar-refractivity contribution in [2.45, 2.75) is 39.3 Å². The minimum absolute atomic E-state index is 0.184. The Hall–Kier alpha value is -1.28. The lowest BCUT2D eigenvalue weighted by atomic mass is 10.2. The molecule has 0 fully saturated rings. The van der Waals surface area contributed by atoms with E-state index in [1.54, 1.807) is 6.07 Å². The van der Waals surface area contributed by atoms with Crippen molar-refractivity contribution in [3.05, 3.63) is 23.8 Å². The first kappa shape index (κ1) is 17.8. The molecule has 0 saturated carbocycles. The molecule has 0 atom stereocenters. The second-order valence-electron chi connectivity index (χ2n) is 5.04. The SMILES string of the molecule is CC(C)CNCc1ccnc(COCC(F)(F)C(F)F)n1. The van der Waals surface area contributed by atoms with Crippen LogP contribution in [0.2, 0.25) is 0 Å². The molecule has 0 unspecified atom stereocenters. The van der Waals surface area contributed by atoms with Gasteiger partial charge in [0.25, 0.3) is 0 Å². The largest absolute Gasteiger partial charge is 0.367 e. The highest BCUT2D eigenvalue weighted by molar-refractivity contribution is 5.01. The number of aromatic nitrogens is 2. The van der Waals surface area contributed by atoms with Gasteiger partial charge < -0.3 is 10.1 Å². The van der Waals surface area contributed by atoms with Crippen LogP contribution in [0, 0.1) is 5.92 Å². The molecule has 0 radical (unpaired) electrons. The summed E-state index contributed by atoms with van der Waals surface area (Å²) in [4.78, 5) is 7.95. The Kier molecular flexibility index (Phi) is 6.97. The van der Waals surface area contributed by atoms with Gasteiger partial charge in [0.1, 0.15) is 13.2 Å². The zero-order chi connectivity index (χ0) is 15.9. The Bertz CT molecular complexity index is 430. The molecule has 0 amide bonds. The van der Waals surface area contributed by atoms with Crippen molar-refractivity contribution in [1.29, 1.82) is 0 Å². The van der Waals surface area contributed by atoms with Gasteiger partial charge in [0, 0.05) is 12.7 Å². The van der Waals surface area contributed by atoms with E-state index in [0.29, 0.717) is 18.2 Å². The molecule has 1 heterocycles. The number of nitrogens with one attached hydrogen (secondary N) is 1. The van der Waals surface area contributed by atoms with Crippen LogP contribution in [0.1, 0.15) is 25.4 Å². The first-order valence-electron chi connectivity index (χ1n) is 6.56. The summed E-state index contributed by atoms with van der Waals surface area (Å²) in [5, 5.41) is 3.17. The highest BCUT2D eigenvalue weighted by Gasteiger charge is 2.40. The van der Waals surface area contributed by atoms with Gasteiger partial charge in [0.05, 0.1) is 5.69 Å². The van der Waals surface area contributed by atoms with Gasteiger partial charge >= 0.3 is 12.3 Å². The molecule has 1 rings (SSSR count). The maximum absolute atomic E-state index is 12.6. The summed E-state index contributed by atoms with van der Waals surface area (Å²) in [6.45, 7) is 3.77. The summed E-state index contributed by atoms with van der Waals surface area (Å²) in [5.74, 6) is -3.48. The zero-order valence-electron chi connectivity index (χ0n) is 12.0. The van der Waals surface area contributed by atoms with E-state index >= 15 is 0 Å². The van der Waals surface area contributed by atoms with Gasteiger partial charge in [-0.1, -0.05) is 13.8 Å². The van der Waals surface area contributed by atoms with Gasteiger partial charge in [-0.2, -0.15) is 8.78 Å². The van der Waals surface area contributed by atoms with Crippen LogP contribution in [0.15, 0.2) is 12.3 Å². The Morgan fingerprint density at radius 1 is 1.33 bits per heavy atom. The summed E-state index contributed by atoms with van der Waals surface area (Å²) in [6.07, 6.45) is -2.27. The number of halogens is 4. The quantitative estimate of drug-likeness (QED) is 0.712. The summed E-state index contributed by atoms with van der Waals surface area (Å²) >= 11 is 0. The van der Waals surface area contributed by atoms with Crippen LogP contribution in [0.3, 0.4) is 0 Å². The smallest absolute Gasteiger partial charge is 0.330 e. The normalized spacial score (nSPS) is 12.4. The van der Waals surface area contributed by atoms with E-state index in [9.17, 15) is 17.6 Å². The van der Waals surface area contributed by atoms with Crippen molar-refractivity contribution < 1.29 is 22.3 Å². The van der Waals surface area contributed by atoms with E-state index in [-0.39, 0.29) is 12.4 Å². The monoisotopic (exact) mass is 309 g/mol. The fourth-order valence-electron chi connectivity index (χ4n) is 1.44. The molecule has 0 aromatic carbocycles. The molecule has 21 heavy (non-hydrogen) atoms. The number of ether oxygens (including phenoxy) is 1. The molecule has 0 aliphatic carbocycles. The van der Waals surface area contributed by atoms with Crippen LogP contribution in [0.4, 0.5) is 17.6 Å². The molecule has 0 spiro atoms. The number of rotatable bonds is 9. The number of alkyl halides is 4. The second kappa shape index (κ2) is 8.23.